The predicted molar refractivity (Wildman–Crippen MR) is 93.2 cm³/mol. The van der Waals surface area contributed by atoms with E-state index in [2.05, 4.69) is 54.1 Å². The summed E-state index contributed by atoms with van der Waals surface area (Å²) in [7, 11) is 0. The van der Waals surface area contributed by atoms with Crippen molar-refractivity contribution in [2.45, 2.75) is 32.2 Å². The molecular formula is C18H25N3S. The first-order valence-corrected chi connectivity index (χ1v) is 8.91. The van der Waals surface area contributed by atoms with Gasteiger partial charge in [0.15, 0.2) is 0 Å². The van der Waals surface area contributed by atoms with Crippen LogP contribution in [0.3, 0.4) is 0 Å². The summed E-state index contributed by atoms with van der Waals surface area (Å²) in [5.41, 5.74) is 7.45. The van der Waals surface area contributed by atoms with Gasteiger partial charge in [0, 0.05) is 42.5 Å². The number of rotatable bonds is 5. The fourth-order valence-corrected chi connectivity index (χ4v) is 4.25. The van der Waals surface area contributed by atoms with E-state index in [1.807, 2.05) is 17.5 Å². The molecule has 2 aromatic rings. The molecule has 1 fully saturated rings. The Hall–Kier alpha value is -1.23. The Morgan fingerprint density at radius 1 is 1.27 bits per heavy atom. The van der Waals surface area contributed by atoms with E-state index in [0.29, 0.717) is 17.8 Å². The van der Waals surface area contributed by atoms with Gasteiger partial charge in [-0.25, -0.2) is 4.98 Å². The highest BCUT2D eigenvalue weighted by molar-refractivity contribution is 7.11. The summed E-state index contributed by atoms with van der Waals surface area (Å²) in [6, 6.07) is 10.8. The summed E-state index contributed by atoms with van der Waals surface area (Å²) in [6.07, 6.45) is 2.05. The molecule has 1 aromatic carbocycles. The van der Waals surface area contributed by atoms with Crippen molar-refractivity contribution in [3.8, 4) is 0 Å². The zero-order valence-corrected chi connectivity index (χ0v) is 14.2. The van der Waals surface area contributed by atoms with Crippen LogP contribution in [0.4, 0.5) is 0 Å². The molecule has 3 nitrogen and oxygen atoms in total. The maximum absolute atomic E-state index is 6.02. The van der Waals surface area contributed by atoms with Crippen molar-refractivity contribution in [2.24, 2.45) is 11.7 Å². The number of hydrogen-bond acceptors (Lipinski definition) is 4. The third-order valence-electron chi connectivity index (χ3n) is 4.49. The molecule has 0 bridgehead atoms. The molecule has 2 N–H and O–H groups in total. The van der Waals surface area contributed by atoms with Crippen LogP contribution in [0.5, 0.6) is 0 Å². The van der Waals surface area contributed by atoms with Gasteiger partial charge < -0.3 is 5.73 Å². The van der Waals surface area contributed by atoms with Gasteiger partial charge in [-0.3, -0.25) is 4.90 Å². The van der Waals surface area contributed by atoms with E-state index < -0.39 is 0 Å². The first-order valence-electron chi connectivity index (χ1n) is 8.09. The SMILES string of the molecule is CC(C)c1ncc(CN2C[C@@H](CN)[C@H](c3ccccc3)C2)s1. The van der Waals surface area contributed by atoms with Crippen molar-refractivity contribution in [3.05, 3.63) is 52.0 Å². The van der Waals surface area contributed by atoms with E-state index in [4.69, 9.17) is 5.73 Å². The zero-order valence-electron chi connectivity index (χ0n) is 13.4. The highest BCUT2D eigenvalue weighted by Gasteiger charge is 2.32. The molecule has 0 spiro atoms. The first-order chi connectivity index (χ1) is 10.7. The summed E-state index contributed by atoms with van der Waals surface area (Å²) < 4.78 is 0. The predicted octanol–water partition coefficient (Wildman–Crippen LogP) is 3.44. The molecule has 4 heteroatoms. The molecule has 2 heterocycles. The topological polar surface area (TPSA) is 42.2 Å². The number of aromatic nitrogens is 1. The quantitative estimate of drug-likeness (QED) is 0.919. The van der Waals surface area contributed by atoms with Crippen LogP contribution in [0.15, 0.2) is 36.5 Å². The Balaban J connectivity index is 1.68. The second-order valence-corrected chi connectivity index (χ2v) is 7.67. The van der Waals surface area contributed by atoms with Crippen LogP contribution in [-0.2, 0) is 6.54 Å². The molecule has 22 heavy (non-hydrogen) atoms. The van der Waals surface area contributed by atoms with Crippen molar-refractivity contribution >= 4 is 11.3 Å². The average Bonchev–Trinajstić information content (AvgIpc) is 3.15. The first kappa shape index (κ1) is 15.7. The van der Waals surface area contributed by atoms with E-state index >= 15 is 0 Å². The van der Waals surface area contributed by atoms with Gasteiger partial charge in [-0.05, 0) is 18.0 Å². The molecular weight excluding hydrogens is 290 g/mol. The largest absolute Gasteiger partial charge is 0.330 e. The molecule has 0 amide bonds. The molecule has 2 atom stereocenters. The maximum atomic E-state index is 6.02. The average molecular weight is 315 g/mol. The van der Waals surface area contributed by atoms with Crippen molar-refractivity contribution in [3.63, 3.8) is 0 Å². The lowest BCUT2D eigenvalue weighted by molar-refractivity contribution is 0.319. The molecule has 3 rings (SSSR count). The number of nitrogens with zero attached hydrogens (tertiary/aromatic N) is 2. The van der Waals surface area contributed by atoms with E-state index in [1.165, 1.54) is 15.4 Å². The van der Waals surface area contributed by atoms with Gasteiger partial charge in [0.05, 0.1) is 5.01 Å². The lowest BCUT2D eigenvalue weighted by Gasteiger charge is -2.16. The molecule has 1 aliphatic heterocycles. The Morgan fingerprint density at radius 2 is 2.05 bits per heavy atom. The minimum absolute atomic E-state index is 0.520. The number of benzene rings is 1. The lowest BCUT2D eigenvalue weighted by atomic mass is 9.89. The molecule has 0 saturated carbocycles. The van der Waals surface area contributed by atoms with E-state index in [1.54, 1.807) is 0 Å². The Morgan fingerprint density at radius 3 is 2.68 bits per heavy atom. The molecule has 0 aliphatic carbocycles. The van der Waals surface area contributed by atoms with Crippen molar-refractivity contribution in [1.82, 2.24) is 9.88 Å². The molecule has 1 aromatic heterocycles. The molecule has 118 valence electrons. The van der Waals surface area contributed by atoms with Gasteiger partial charge in [-0.2, -0.15) is 0 Å². The molecule has 1 saturated heterocycles. The van der Waals surface area contributed by atoms with Crippen LogP contribution in [0.1, 0.15) is 41.1 Å². The van der Waals surface area contributed by atoms with Gasteiger partial charge in [-0.15, -0.1) is 11.3 Å². The highest BCUT2D eigenvalue weighted by Crippen LogP contribution is 2.33. The fraction of sp³-hybridized carbons (Fsp3) is 0.500. The molecule has 0 radical (unpaired) electrons. The summed E-state index contributed by atoms with van der Waals surface area (Å²) in [5, 5.41) is 1.24. The van der Waals surface area contributed by atoms with E-state index in [9.17, 15) is 0 Å². The van der Waals surface area contributed by atoms with Crippen LogP contribution >= 0.6 is 11.3 Å². The Kier molecular flexibility index (Phi) is 4.91. The second kappa shape index (κ2) is 6.90. The van der Waals surface area contributed by atoms with Crippen molar-refractivity contribution in [1.29, 1.82) is 0 Å². The van der Waals surface area contributed by atoms with Crippen LogP contribution < -0.4 is 5.73 Å². The smallest absolute Gasteiger partial charge is 0.0953 e. The van der Waals surface area contributed by atoms with Gasteiger partial charge in [-0.1, -0.05) is 44.2 Å². The van der Waals surface area contributed by atoms with Crippen LogP contribution in [0, 0.1) is 5.92 Å². The summed E-state index contributed by atoms with van der Waals surface area (Å²) in [5.74, 6) is 1.63. The number of hydrogen-bond donors (Lipinski definition) is 1. The Labute approximate surface area is 137 Å². The minimum Gasteiger partial charge on any atom is -0.330 e. The normalized spacial score (nSPS) is 22.5. The summed E-state index contributed by atoms with van der Waals surface area (Å²) in [4.78, 5) is 8.44. The fourth-order valence-electron chi connectivity index (χ4n) is 3.29. The van der Waals surface area contributed by atoms with E-state index in [-0.39, 0.29) is 0 Å². The van der Waals surface area contributed by atoms with Gasteiger partial charge >= 0.3 is 0 Å². The maximum Gasteiger partial charge on any atom is 0.0953 e. The number of nitrogens with two attached hydrogens (primary N) is 1. The summed E-state index contributed by atoms with van der Waals surface area (Å²) >= 11 is 1.85. The molecule has 1 aliphatic rings. The van der Waals surface area contributed by atoms with Gasteiger partial charge in [0.1, 0.15) is 0 Å². The number of likely N-dealkylation sites (tertiary alicyclic amines) is 1. The number of thiazole rings is 1. The van der Waals surface area contributed by atoms with E-state index in [0.717, 1.165) is 26.2 Å². The lowest BCUT2D eigenvalue weighted by Crippen LogP contribution is -2.22. The standard InChI is InChI=1S/C18H25N3S/c1-13(2)18-20-9-16(22-18)11-21-10-15(8-19)17(12-21)14-6-4-3-5-7-14/h3-7,9,13,15,17H,8,10-12,19H2,1-2H3/t15-,17+/m1/s1. The molecule has 0 unspecified atom stereocenters. The minimum atomic E-state index is 0.520. The monoisotopic (exact) mass is 315 g/mol. The van der Waals surface area contributed by atoms with Gasteiger partial charge in [0.2, 0.25) is 0 Å². The third kappa shape index (κ3) is 3.40. The Bertz CT molecular complexity index is 593. The van der Waals surface area contributed by atoms with Crippen molar-refractivity contribution < 1.29 is 0 Å². The zero-order chi connectivity index (χ0) is 15.5. The van der Waals surface area contributed by atoms with Crippen LogP contribution in [0.25, 0.3) is 0 Å². The van der Waals surface area contributed by atoms with Crippen molar-refractivity contribution in [2.75, 3.05) is 19.6 Å². The third-order valence-corrected chi connectivity index (χ3v) is 5.77. The van der Waals surface area contributed by atoms with Crippen LogP contribution in [0.2, 0.25) is 0 Å². The highest BCUT2D eigenvalue weighted by atomic mass is 32.1. The summed E-state index contributed by atoms with van der Waals surface area (Å²) in [6.45, 7) is 8.36. The van der Waals surface area contributed by atoms with Crippen LogP contribution in [-0.4, -0.2) is 29.5 Å². The second-order valence-electron chi connectivity index (χ2n) is 6.53. The van der Waals surface area contributed by atoms with Gasteiger partial charge in [0.25, 0.3) is 0 Å².